The summed E-state index contributed by atoms with van der Waals surface area (Å²) in [5.74, 6) is -1.31. The zero-order valence-electron chi connectivity index (χ0n) is 10.7. The van der Waals surface area contributed by atoms with Gasteiger partial charge in [-0.1, -0.05) is 20.3 Å². The fourth-order valence-electron chi connectivity index (χ4n) is 1.50. The Balaban J connectivity index is 2.95. The maximum absolute atomic E-state index is 13.1. The molecule has 7 heteroatoms. The van der Waals surface area contributed by atoms with Crippen molar-refractivity contribution in [1.29, 1.82) is 0 Å². The molecular formula is C12H16FN3O3. The Morgan fingerprint density at radius 3 is 2.74 bits per heavy atom. The third kappa shape index (κ3) is 3.72. The van der Waals surface area contributed by atoms with Gasteiger partial charge in [-0.15, -0.1) is 0 Å². The van der Waals surface area contributed by atoms with Gasteiger partial charge in [-0.3, -0.25) is 14.9 Å². The Labute approximate surface area is 109 Å². The van der Waals surface area contributed by atoms with Gasteiger partial charge in [0.15, 0.2) is 0 Å². The molecule has 0 fully saturated rings. The summed E-state index contributed by atoms with van der Waals surface area (Å²) in [7, 11) is 0. The summed E-state index contributed by atoms with van der Waals surface area (Å²) < 4.78 is 13.1. The second kappa shape index (κ2) is 6.24. The molecule has 2 atom stereocenters. The lowest BCUT2D eigenvalue weighted by Crippen LogP contribution is -2.40. The molecule has 104 valence electrons. The molecule has 0 aliphatic rings. The quantitative estimate of drug-likeness (QED) is 0.631. The van der Waals surface area contributed by atoms with Crippen LogP contribution in [-0.4, -0.2) is 16.9 Å². The molecule has 0 spiro atoms. The maximum atomic E-state index is 13.1. The first-order chi connectivity index (χ1) is 8.86. The molecule has 0 bridgehead atoms. The van der Waals surface area contributed by atoms with E-state index < -0.39 is 22.7 Å². The van der Waals surface area contributed by atoms with Gasteiger partial charge in [-0.05, 0) is 12.0 Å². The van der Waals surface area contributed by atoms with Crippen molar-refractivity contribution in [2.75, 3.05) is 5.32 Å². The van der Waals surface area contributed by atoms with Crippen molar-refractivity contribution in [3.8, 4) is 0 Å². The van der Waals surface area contributed by atoms with Crippen molar-refractivity contribution in [2.24, 2.45) is 11.7 Å². The van der Waals surface area contributed by atoms with E-state index in [1.807, 2.05) is 6.92 Å². The fourth-order valence-corrected chi connectivity index (χ4v) is 1.50. The minimum absolute atomic E-state index is 0.0763. The van der Waals surface area contributed by atoms with E-state index in [0.717, 1.165) is 18.2 Å². The number of amides is 1. The number of rotatable bonds is 5. The number of nitro benzene ring substituents is 1. The lowest BCUT2D eigenvalue weighted by Gasteiger charge is -2.17. The van der Waals surface area contributed by atoms with Crippen LogP contribution in [-0.2, 0) is 4.79 Å². The van der Waals surface area contributed by atoms with E-state index in [1.165, 1.54) is 0 Å². The number of nitrogens with one attached hydrogen (secondary N) is 1. The van der Waals surface area contributed by atoms with Crippen molar-refractivity contribution in [3.05, 3.63) is 34.1 Å². The predicted molar refractivity (Wildman–Crippen MR) is 69.1 cm³/mol. The van der Waals surface area contributed by atoms with Crippen molar-refractivity contribution >= 4 is 17.3 Å². The molecule has 0 saturated heterocycles. The normalized spacial score (nSPS) is 13.7. The molecule has 0 aromatic heterocycles. The number of halogens is 1. The van der Waals surface area contributed by atoms with Crippen LogP contribution < -0.4 is 11.1 Å². The van der Waals surface area contributed by atoms with Crippen LogP contribution in [0.1, 0.15) is 20.3 Å². The molecule has 19 heavy (non-hydrogen) atoms. The van der Waals surface area contributed by atoms with Gasteiger partial charge in [0.1, 0.15) is 11.5 Å². The largest absolute Gasteiger partial charge is 0.320 e. The topological polar surface area (TPSA) is 98.3 Å². The molecule has 1 amide bonds. The van der Waals surface area contributed by atoms with Crippen LogP contribution in [0.4, 0.5) is 15.8 Å². The van der Waals surface area contributed by atoms with Crippen LogP contribution in [0.25, 0.3) is 0 Å². The van der Waals surface area contributed by atoms with Gasteiger partial charge in [0, 0.05) is 12.1 Å². The van der Waals surface area contributed by atoms with Gasteiger partial charge in [0.25, 0.3) is 5.69 Å². The zero-order valence-corrected chi connectivity index (χ0v) is 10.7. The monoisotopic (exact) mass is 269 g/mol. The summed E-state index contributed by atoms with van der Waals surface area (Å²) in [5.41, 5.74) is 5.15. The molecular weight excluding hydrogens is 253 g/mol. The fraction of sp³-hybridized carbons (Fsp3) is 0.417. The standard InChI is InChI=1S/C12H16FN3O3/c1-3-7(2)11(14)12(17)15-9-6-8(13)4-5-10(9)16(18)19/h4-7,11H,3,14H2,1-2H3,(H,15,17). The van der Waals surface area contributed by atoms with Crippen LogP contribution in [0.2, 0.25) is 0 Å². The Kier molecular flexibility index (Phi) is 4.94. The summed E-state index contributed by atoms with van der Waals surface area (Å²) in [4.78, 5) is 21.9. The van der Waals surface area contributed by atoms with E-state index in [1.54, 1.807) is 6.92 Å². The number of carbonyl (C=O) groups excluding carboxylic acids is 1. The molecule has 1 aromatic rings. The highest BCUT2D eigenvalue weighted by Crippen LogP contribution is 2.25. The number of anilines is 1. The first kappa shape index (κ1) is 15.0. The lowest BCUT2D eigenvalue weighted by molar-refractivity contribution is -0.384. The van der Waals surface area contributed by atoms with Gasteiger partial charge in [0.05, 0.1) is 11.0 Å². The smallest absolute Gasteiger partial charge is 0.292 e. The second-order valence-electron chi connectivity index (χ2n) is 4.32. The molecule has 0 saturated carbocycles. The zero-order chi connectivity index (χ0) is 14.6. The molecule has 2 unspecified atom stereocenters. The van der Waals surface area contributed by atoms with Crippen molar-refractivity contribution in [1.82, 2.24) is 0 Å². The SMILES string of the molecule is CCC(C)C(N)C(=O)Nc1cc(F)ccc1[N+](=O)[O-]. The van der Waals surface area contributed by atoms with Gasteiger partial charge >= 0.3 is 0 Å². The van der Waals surface area contributed by atoms with E-state index in [2.05, 4.69) is 5.32 Å². The van der Waals surface area contributed by atoms with Crippen LogP contribution in [0.3, 0.4) is 0 Å². The molecule has 0 radical (unpaired) electrons. The molecule has 6 nitrogen and oxygen atoms in total. The van der Waals surface area contributed by atoms with Gasteiger partial charge in [-0.25, -0.2) is 4.39 Å². The highest BCUT2D eigenvalue weighted by atomic mass is 19.1. The van der Waals surface area contributed by atoms with E-state index in [-0.39, 0.29) is 17.3 Å². The number of carbonyl (C=O) groups is 1. The molecule has 3 N–H and O–H groups in total. The summed E-state index contributed by atoms with van der Waals surface area (Å²) in [5, 5.41) is 13.1. The number of hydrogen-bond acceptors (Lipinski definition) is 4. The number of nitrogens with two attached hydrogens (primary N) is 1. The predicted octanol–water partition coefficient (Wildman–Crippen LogP) is 2.05. The van der Waals surface area contributed by atoms with Crippen LogP contribution in [0, 0.1) is 21.8 Å². The van der Waals surface area contributed by atoms with Gasteiger partial charge < -0.3 is 11.1 Å². The minimum atomic E-state index is -0.798. The number of nitrogens with zero attached hydrogens (tertiary/aromatic N) is 1. The first-order valence-electron chi connectivity index (χ1n) is 5.87. The molecule has 1 rings (SSSR count). The van der Waals surface area contributed by atoms with Gasteiger partial charge in [0.2, 0.25) is 5.91 Å². The Bertz CT molecular complexity index is 493. The summed E-state index contributed by atoms with van der Waals surface area (Å²) >= 11 is 0. The first-order valence-corrected chi connectivity index (χ1v) is 5.87. The average molecular weight is 269 g/mol. The van der Waals surface area contributed by atoms with Crippen molar-refractivity contribution in [3.63, 3.8) is 0 Å². The third-order valence-corrected chi connectivity index (χ3v) is 2.97. The summed E-state index contributed by atoms with van der Waals surface area (Å²) in [6, 6.07) is 2.06. The minimum Gasteiger partial charge on any atom is -0.320 e. The van der Waals surface area contributed by atoms with Crippen molar-refractivity contribution < 1.29 is 14.1 Å². The number of hydrogen-bond donors (Lipinski definition) is 2. The van der Waals surface area contributed by atoms with Crippen LogP contribution in [0.15, 0.2) is 18.2 Å². The van der Waals surface area contributed by atoms with Crippen LogP contribution in [0.5, 0.6) is 0 Å². The van der Waals surface area contributed by atoms with Crippen molar-refractivity contribution in [2.45, 2.75) is 26.3 Å². The molecule has 0 heterocycles. The Morgan fingerprint density at radius 2 is 2.21 bits per heavy atom. The molecule has 1 aromatic carbocycles. The maximum Gasteiger partial charge on any atom is 0.292 e. The summed E-state index contributed by atoms with van der Waals surface area (Å²) in [6.07, 6.45) is 0.694. The highest BCUT2D eigenvalue weighted by molar-refractivity contribution is 5.96. The third-order valence-electron chi connectivity index (χ3n) is 2.97. The summed E-state index contributed by atoms with van der Waals surface area (Å²) in [6.45, 7) is 3.67. The van der Waals surface area contributed by atoms with Crippen LogP contribution >= 0.6 is 0 Å². The van der Waals surface area contributed by atoms with E-state index in [9.17, 15) is 19.3 Å². The second-order valence-corrected chi connectivity index (χ2v) is 4.32. The Hall–Kier alpha value is -2.02. The average Bonchev–Trinajstić information content (AvgIpc) is 2.36. The van der Waals surface area contributed by atoms with E-state index in [4.69, 9.17) is 5.73 Å². The van der Waals surface area contributed by atoms with E-state index >= 15 is 0 Å². The van der Waals surface area contributed by atoms with E-state index in [0.29, 0.717) is 6.42 Å². The highest BCUT2D eigenvalue weighted by Gasteiger charge is 2.23. The van der Waals surface area contributed by atoms with Gasteiger partial charge in [-0.2, -0.15) is 0 Å². The molecule has 0 aliphatic carbocycles. The Morgan fingerprint density at radius 1 is 1.58 bits per heavy atom. The number of nitro groups is 1. The lowest BCUT2D eigenvalue weighted by atomic mass is 9.99. The number of benzene rings is 1. The molecule has 0 aliphatic heterocycles.